The van der Waals surface area contributed by atoms with Crippen molar-refractivity contribution in [1.29, 1.82) is 0 Å². The molecule has 24 heavy (non-hydrogen) atoms. The number of ether oxygens (including phenoxy) is 2. The Bertz CT molecular complexity index is 678. The fourth-order valence-electron chi connectivity index (χ4n) is 2.77. The zero-order valence-electron chi connectivity index (χ0n) is 13.9. The van der Waals surface area contributed by atoms with Crippen molar-refractivity contribution in [2.75, 3.05) is 25.1 Å². The maximum absolute atomic E-state index is 12.0. The quantitative estimate of drug-likeness (QED) is 0.885. The number of anilines is 1. The number of nitrogens with one attached hydrogen (secondary N) is 1. The summed E-state index contributed by atoms with van der Waals surface area (Å²) in [5, 5.41) is 7.13. The molecule has 3 rings (SSSR count). The first-order valence-electron chi connectivity index (χ1n) is 8.28. The van der Waals surface area contributed by atoms with Gasteiger partial charge in [0, 0.05) is 26.0 Å². The van der Waals surface area contributed by atoms with Crippen LogP contribution in [0.5, 0.6) is 5.75 Å². The minimum absolute atomic E-state index is 0.0192. The molecular weight excluding hydrogens is 306 g/mol. The summed E-state index contributed by atoms with van der Waals surface area (Å²) in [5.74, 6) is 1.09. The fraction of sp³-hybridized carbons (Fsp3) is 0.444. The average molecular weight is 329 g/mol. The summed E-state index contributed by atoms with van der Waals surface area (Å²) in [4.78, 5) is 12.0. The number of aromatic nitrogens is 2. The van der Waals surface area contributed by atoms with Gasteiger partial charge in [0.2, 0.25) is 0 Å². The van der Waals surface area contributed by atoms with Crippen LogP contribution in [-0.4, -0.2) is 35.5 Å². The minimum Gasteiger partial charge on any atom is -0.484 e. The highest BCUT2D eigenvalue weighted by Gasteiger charge is 2.15. The molecule has 0 aliphatic carbocycles. The van der Waals surface area contributed by atoms with Crippen LogP contribution in [-0.2, 0) is 16.1 Å². The van der Waals surface area contributed by atoms with E-state index < -0.39 is 0 Å². The predicted octanol–water partition coefficient (Wildman–Crippen LogP) is 2.64. The van der Waals surface area contributed by atoms with Gasteiger partial charge in [-0.1, -0.05) is 12.1 Å². The van der Waals surface area contributed by atoms with E-state index in [-0.39, 0.29) is 12.5 Å². The van der Waals surface area contributed by atoms with Crippen LogP contribution in [0.3, 0.4) is 0 Å². The lowest BCUT2D eigenvalue weighted by molar-refractivity contribution is -0.118. The van der Waals surface area contributed by atoms with Crippen LogP contribution < -0.4 is 10.1 Å². The number of hydrogen-bond acceptors (Lipinski definition) is 4. The number of amides is 1. The molecule has 1 aliphatic rings. The summed E-state index contributed by atoms with van der Waals surface area (Å²) in [6.45, 7) is 4.48. The minimum atomic E-state index is -0.192. The molecule has 1 fully saturated rings. The third-order valence-electron chi connectivity index (χ3n) is 4.06. The Morgan fingerprint density at radius 3 is 3.04 bits per heavy atom. The van der Waals surface area contributed by atoms with Gasteiger partial charge in [0.1, 0.15) is 5.75 Å². The highest BCUT2D eigenvalue weighted by atomic mass is 16.5. The molecule has 2 heterocycles. The monoisotopic (exact) mass is 329 g/mol. The molecule has 0 spiro atoms. The molecule has 1 saturated heterocycles. The molecule has 1 aliphatic heterocycles. The lowest BCUT2D eigenvalue weighted by atomic mass is 10.0. The molecule has 128 valence electrons. The molecule has 1 N–H and O–H groups in total. The summed E-state index contributed by atoms with van der Waals surface area (Å²) in [6, 6.07) is 7.63. The number of carbonyl (C=O) groups excluding carboxylic acids is 1. The van der Waals surface area contributed by atoms with Crippen molar-refractivity contribution in [3.05, 3.63) is 42.2 Å². The average Bonchev–Trinajstić information content (AvgIpc) is 3.01. The molecule has 1 aromatic heterocycles. The third kappa shape index (κ3) is 4.83. The van der Waals surface area contributed by atoms with Crippen molar-refractivity contribution < 1.29 is 14.3 Å². The molecule has 1 amide bonds. The van der Waals surface area contributed by atoms with Gasteiger partial charge in [0.15, 0.2) is 6.61 Å². The number of carbonyl (C=O) groups is 1. The Morgan fingerprint density at radius 1 is 1.42 bits per heavy atom. The third-order valence-corrected chi connectivity index (χ3v) is 4.06. The van der Waals surface area contributed by atoms with Crippen LogP contribution in [0.15, 0.2) is 36.7 Å². The van der Waals surface area contributed by atoms with E-state index in [1.807, 2.05) is 42.1 Å². The van der Waals surface area contributed by atoms with Crippen molar-refractivity contribution >= 4 is 11.6 Å². The first-order valence-corrected chi connectivity index (χ1v) is 8.28. The Hall–Kier alpha value is -2.34. The van der Waals surface area contributed by atoms with Crippen molar-refractivity contribution in [2.24, 2.45) is 5.92 Å². The van der Waals surface area contributed by atoms with Gasteiger partial charge in [-0.05, 0) is 43.4 Å². The van der Waals surface area contributed by atoms with Gasteiger partial charge in [-0.15, -0.1) is 0 Å². The van der Waals surface area contributed by atoms with E-state index in [1.165, 1.54) is 0 Å². The lowest BCUT2D eigenvalue weighted by Crippen LogP contribution is -2.21. The second-order valence-corrected chi connectivity index (χ2v) is 6.16. The van der Waals surface area contributed by atoms with Gasteiger partial charge in [0.25, 0.3) is 5.91 Å². The topological polar surface area (TPSA) is 65.4 Å². The summed E-state index contributed by atoms with van der Waals surface area (Å²) >= 11 is 0. The largest absolute Gasteiger partial charge is 0.484 e. The first kappa shape index (κ1) is 16.5. The molecular formula is C18H23N3O3. The van der Waals surface area contributed by atoms with Gasteiger partial charge in [-0.25, -0.2) is 0 Å². The van der Waals surface area contributed by atoms with E-state index in [1.54, 1.807) is 6.20 Å². The summed E-state index contributed by atoms with van der Waals surface area (Å²) < 4.78 is 12.7. The summed E-state index contributed by atoms with van der Waals surface area (Å²) in [7, 11) is 0. The molecule has 0 unspecified atom stereocenters. The van der Waals surface area contributed by atoms with Crippen LogP contribution >= 0.6 is 0 Å². The second kappa shape index (κ2) is 7.97. The van der Waals surface area contributed by atoms with Gasteiger partial charge < -0.3 is 14.8 Å². The normalized spacial score (nSPS) is 15.2. The van der Waals surface area contributed by atoms with E-state index >= 15 is 0 Å². The van der Waals surface area contributed by atoms with Crippen LogP contribution in [0.2, 0.25) is 0 Å². The predicted molar refractivity (Wildman–Crippen MR) is 91.1 cm³/mol. The SMILES string of the molecule is Cc1cccc(OCC(=O)Nc2cnn(CC3CCOCC3)c2)c1. The lowest BCUT2D eigenvalue weighted by Gasteiger charge is -2.21. The number of nitrogens with zero attached hydrogens (tertiary/aromatic N) is 2. The summed E-state index contributed by atoms with van der Waals surface area (Å²) in [5.41, 5.74) is 1.79. The second-order valence-electron chi connectivity index (χ2n) is 6.16. The Labute approximate surface area is 141 Å². The molecule has 6 heteroatoms. The van der Waals surface area contributed by atoms with E-state index in [9.17, 15) is 4.79 Å². The Morgan fingerprint density at radius 2 is 2.25 bits per heavy atom. The van der Waals surface area contributed by atoms with Gasteiger partial charge in [0.05, 0.1) is 11.9 Å². The fourth-order valence-corrected chi connectivity index (χ4v) is 2.77. The van der Waals surface area contributed by atoms with E-state index in [4.69, 9.17) is 9.47 Å². The van der Waals surface area contributed by atoms with E-state index in [0.29, 0.717) is 17.4 Å². The highest BCUT2D eigenvalue weighted by molar-refractivity contribution is 5.91. The molecule has 0 atom stereocenters. The zero-order valence-corrected chi connectivity index (χ0v) is 13.9. The standard InChI is InChI=1S/C18H23N3O3/c1-14-3-2-4-17(9-14)24-13-18(22)20-16-10-19-21(12-16)11-15-5-7-23-8-6-15/h2-4,9-10,12,15H,5-8,11,13H2,1H3,(H,20,22). The Kier molecular flexibility index (Phi) is 5.48. The van der Waals surface area contributed by atoms with Crippen molar-refractivity contribution in [3.63, 3.8) is 0 Å². The van der Waals surface area contributed by atoms with Gasteiger partial charge in [-0.3, -0.25) is 9.48 Å². The Balaban J connectivity index is 1.46. The molecule has 2 aromatic rings. The maximum Gasteiger partial charge on any atom is 0.262 e. The van der Waals surface area contributed by atoms with Crippen LogP contribution in [0.1, 0.15) is 18.4 Å². The number of aryl methyl sites for hydroxylation is 1. The van der Waals surface area contributed by atoms with E-state index in [0.717, 1.165) is 38.2 Å². The van der Waals surface area contributed by atoms with Gasteiger partial charge in [-0.2, -0.15) is 5.10 Å². The smallest absolute Gasteiger partial charge is 0.262 e. The zero-order chi connectivity index (χ0) is 16.8. The van der Waals surface area contributed by atoms with Crippen LogP contribution in [0, 0.1) is 12.8 Å². The first-order chi connectivity index (χ1) is 11.7. The van der Waals surface area contributed by atoms with Crippen LogP contribution in [0.25, 0.3) is 0 Å². The summed E-state index contributed by atoms with van der Waals surface area (Å²) in [6.07, 6.45) is 5.65. The van der Waals surface area contributed by atoms with Crippen molar-refractivity contribution in [3.8, 4) is 5.75 Å². The van der Waals surface area contributed by atoms with Gasteiger partial charge >= 0.3 is 0 Å². The number of benzene rings is 1. The van der Waals surface area contributed by atoms with E-state index in [2.05, 4.69) is 10.4 Å². The maximum atomic E-state index is 12.0. The van der Waals surface area contributed by atoms with Crippen LogP contribution in [0.4, 0.5) is 5.69 Å². The number of hydrogen-bond donors (Lipinski definition) is 1. The van der Waals surface area contributed by atoms with Crippen molar-refractivity contribution in [2.45, 2.75) is 26.3 Å². The molecule has 6 nitrogen and oxygen atoms in total. The molecule has 0 bridgehead atoms. The molecule has 0 radical (unpaired) electrons. The molecule has 1 aromatic carbocycles. The van der Waals surface area contributed by atoms with Crippen molar-refractivity contribution in [1.82, 2.24) is 9.78 Å². The highest BCUT2D eigenvalue weighted by Crippen LogP contribution is 2.17. The number of rotatable bonds is 6. The molecule has 0 saturated carbocycles.